The second kappa shape index (κ2) is 12.8. The number of anilines is 1. The minimum atomic E-state index is -0.383. The molecular weight excluding hydrogens is 406 g/mol. The Morgan fingerprint density at radius 1 is 0.688 bits per heavy atom. The predicted molar refractivity (Wildman–Crippen MR) is 123 cm³/mol. The van der Waals surface area contributed by atoms with Crippen LogP contribution >= 0.6 is 0 Å². The Kier molecular flexibility index (Phi) is 9.15. The largest absolute Gasteiger partial charge is 0.490 e. The first kappa shape index (κ1) is 22.9. The van der Waals surface area contributed by atoms with Crippen molar-refractivity contribution < 1.29 is 23.8 Å². The topological polar surface area (TPSA) is 73.9 Å². The highest BCUT2D eigenvalue weighted by Crippen LogP contribution is 2.18. The van der Waals surface area contributed by atoms with E-state index < -0.39 is 0 Å². The van der Waals surface area contributed by atoms with Crippen molar-refractivity contribution in [1.82, 2.24) is 0 Å². The average Bonchev–Trinajstić information content (AvgIpc) is 2.82. The molecule has 1 N–H and O–H groups in total. The smallest absolute Gasteiger partial charge is 0.306 e. The molecule has 32 heavy (non-hydrogen) atoms. The number of ether oxygens (including phenoxy) is 3. The molecule has 0 aromatic heterocycles. The number of nitrogens with one attached hydrogen (secondary N) is 1. The second-order valence-electron chi connectivity index (χ2n) is 7.04. The number of hydrogen-bond acceptors (Lipinski definition) is 5. The zero-order chi connectivity index (χ0) is 22.4. The van der Waals surface area contributed by atoms with Crippen LogP contribution < -0.4 is 14.8 Å². The van der Waals surface area contributed by atoms with Gasteiger partial charge in [0.2, 0.25) is 5.91 Å². The first-order valence-corrected chi connectivity index (χ1v) is 10.6. The van der Waals surface area contributed by atoms with Crippen LogP contribution in [-0.2, 0) is 20.7 Å². The Labute approximate surface area is 188 Å². The van der Waals surface area contributed by atoms with Crippen molar-refractivity contribution in [3.05, 3.63) is 90.5 Å². The summed E-state index contributed by atoms with van der Waals surface area (Å²) >= 11 is 0. The maximum atomic E-state index is 12.2. The highest BCUT2D eigenvalue weighted by molar-refractivity contribution is 5.92. The van der Waals surface area contributed by atoms with Crippen LogP contribution in [0.1, 0.15) is 18.4 Å². The van der Waals surface area contributed by atoms with Crippen LogP contribution in [0, 0.1) is 0 Å². The molecule has 0 radical (unpaired) electrons. The van der Waals surface area contributed by atoms with Gasteiger partial charge in [0.15, 0.2) is 0 Å². The first-order valence-electron chi connectivity index (χ1n) is 10.6. The van der Waals surface area contributed by atoms with Gasteiger partial charge in [-0.2, -0.15) is 0 Å². The van der Waals surface area contributed by atoms with Crippen molar-refractivity contribution in [2.75, 3.05) is 25.1 Å². The van der Waals surface area contributed by atoms with Gasteiger partial charge in [-0.1, -0.05) is 54.6 Å². The molecule has 0 aliphatic heterocycles. The fourth-order valence-corrected chi connectivity index (χ4v) is 2.94. The van der Waals surface area contributed by atoms with Gasteiger partial charge in [-0.25, -0.2) is 0 Å². The maximum Gasteiger partial charge on any atom is 0.306 e. The van der Waals surface area contributed by atoms with Crippen LogP contribution in [-0.4, -0.2) is 31.7 Å². The van der Waals surface area contributed by atoms with Crippen LogP contribution in [0.3, 0.4) is 0 Å². The van der Waals surface area contributed by atoms with E-state index in [1.807, 2.05) is 66.7 Å². The number of benzene rings is 3. The Balaban J connectivity index is 1.32. The predicted octanol–water partition coefficient (Wildman–Crippen LogP) is 4.65. The van der Waals surface area contributed by atoms with Crippen LogP contribution in [0.2, 0.25) is 0 Å². The average molecular weight is 434 g/mol. The van der Waals surface area contributed by atoms with E-state index in [1.54, 1.807) is 18.2 Å². The third-order valence-electron chi connectivity index (χ3n) is 4.53. The van der Waals surface area contributed by atoms with Crippen molar-refractivity contribution in [2.24, 2.45) is 0 Å². The lowest BCUT2D eigenvalue weighted by molar-refractivity contribution is -0.144. The Morgan fingerprint density at radius 3 is 2.09 bits per heavy atom. The molecule has 0 bridgehead atoms. The molecular formula is C26H27NO5. The van der Waals surface area contributed by atoms with Crippen LogP contribution in [0.4, 0.5) is 5.69 Å². The lowest BCUT2D eigenvalue weighted by atomic mass is 10.2. The van der Waals surface area contributed by atoms with E-state index in [9.17, 15) is 9.59 Å². The first-order chi connectivity index (χ1) is 15.7. The Hall–Kier alpha value is -3.80. The van der Waals surface area contributed by atoms with Gasteiger partial charge in [-0.05, 0) is 29.8 Å². The molecule has 1 amide bonds. The van der Waals surface area contributed by atoms with E-state index in [-0.39, 0.29) is 24.7 Å². The van der Waals surface area contributed by atoms with Gasteiger partial charge in [0, 0.05) is 24.6 Å². The van der Waals surface area contributed by atoms with Crippen LogP contribution in [0.15, 0.2) is 84.9 Å². The monoisotopic (exact) mass is 433 g/mol. The van der Waals surface area contributed by atoms with Gasteiger partial charge in [-0.3, -0.25) is 9.59 Å². The molecule has 0 aliphatic carbocycles. The highest BCUT2D eigenvalue weighted by Gasteiger charge is 2.09. The van der Waals surface area contributed by atoms with Gasteiger partial charge in [-0.15, -0.1) is 0 Å². The van der Waals surface area contributed by atoms with Gasteiger partial charge in [0.25, 0.3) is 0 Å². The van der Waals surface area contributed by atoms with E-state index in [0.29, 0.717) is 37.7 Å². The fraction of sp³-hybridized carbons (Fsp3) is 0.231. The number of amides is 1. The third-order valence-corrected chi connectivity index (χ3v) is 4.53. The summed E-state index contributed by atoms with van der Waals surface area (Å²) in [6.07, 6.45) is 0.746. The number of esters is 1. The van der Waals surface area contributed by atoms with Crippen LogP contribution in [0.5, 0.6) is 11.5 Å². The highest BCUT2D eigenvalue weighted by atomic mass is 16.5. The fourth-order valence-electron chi connectivity index (χ4n) is 2.94. The molecule has 0 fully saturated rings. The lowest BCUT2D eigenvalue weighted by Gasteiger charge is -2.10. The number of carbonyl (C=O) groups excluding carboxylic acids is 2. The van der Waals surface area contributed by atoms with E-state index >= 15 is 0 Å². The summed E-state index contributed by atoms with van der Waals surface area (Å²) in [6.45, 7) is 1.09. The second-order valence-corrected chi connectivity index (χ2v) is 7.04. The van der Waals surface area contributed by atoms with E-state index in [1.165, 1.54) is 0 Å². The molecule has 6 heteroatoms. The van der Waals surface area contributed by atoms with Crippen LogP contribution in [0.25, 0.3) is 0 Å². The Bertz CT molecular complexity index is 976. The molecule has 3 aromatic rings. The number of rotatable bonds is 12. The van der Waals surface area contributed by atoms with E-state index in [2.05, 4.69) is 5.32 Å². The summed E-state index contributed by atoms with van der Waals surface area (Å²) in [5.41, 5.74) is 1.71. The number of hydrogen-bond donors (Lipinski definition) is 1. The Morgan fingerprint density at radius 2 is 1.34 bits per heavy atom. The number of carbonyl (C=O) groups is 2. The van der Waals surface area contributed by atoms with Gasteiger partial charge >= 0.3 is 5.97 Å². The summed E-state index contributed by atoms with van der Waals surface area (Å²) < 4.78 is 16.5. The van der Waals surface area contributed by atoms with Gasteiger partial charge in [0.05, 0.1) is 13.0 Å². The molecule has 0 saturated heterocycles. The molecule has 6 nitrogen and oxygen atoms in total. The molecule has 0 aliphatic rings. The molecule has 0 atom stereocenters. The molecule has 0 spiro atoms. The van der Waals surface area contributed by atoms with Crippen molar-refractivity contribution in [1.29, 1.82) is 0 Å². The summed E-state index contributed by atoms with van der Waals surface area (Å²) in [5, 5.41) is 2.78. The summed E-state index contributed by atoms with van der Waals surface area (Å²) in [5.74, 6) is 0.775. The zero-order valence-corrected chi connectivity index (χ0v) is 17.9. The number of para-hydroxylation sites is 1. The molecule has 166 valence electrons. The van der Waals surface area contributed by atoms with Crippen molar-refractivity contribution in [3.8, 4) is 11.5 Å². The van der Waals surface area contributed by atoms with Crippen molar-refractivity contribution >= 4 is 17.6 Å². The molecule has 3 rings (SSSR count). The molecule has 3 aromatic carbocycles. The summed E-state index contributed by atoms with van der Waals surface area (Å²) in [4.78, 5) is 24.0. The molecule has 0 saturated carbocycles. The zero-order valence-electron chi connectivity index (χ0n) is 17.9. The van der Waals surface area contributed by atoms with Crippen molar-refractivity contribution in [3.63, 3.8) is 0 Å². The molecule has 0 unspecified atom stereocenters. The maximum absolute atomic E-state index is 12.2. The lowest BCUT2D eigenvalue weighted by Crippen LogP contribution is -2.15. The quantitative estimate of drug-likeness (QED) is 0.332. The van der Waals surface area contributed by atoms with Gasteiger partial charge in [0.1, 0.15) is 24.7 Å². The van der Waals surface area contributed by atoms with E-state index in [4.69, 9.17) is 14.2 Å². The summed E-state index contributed by atoms with van der Waals surface area (Å²) in [6, 6.07) is 26.4. The minimum absolute atomic E-state index is 0.0354. The standard InChI is InChI=1S/C26H27NO5/c28-25(14-15-26(29)32-17-16-21-8-3-1-4-9-21)27-22-10-7-13-24(20-22)31-19-18-30-23-11-5-2-6-12-23/h1-13,20H,14-19H2,(H,27,28). The van der Waals surface area contributed by atoms with Crippen molar-refractivity contribution in [2.45, 2.75) is 19.3 Å². The normalized spacial score (nSPS) is 10.2. The van der Waals surface area contributed by atoms with E-state index in [0.717, 1.165) is 11.3 Å². The summed E-state index contributed by atoms with van der Waals surface area (Å²) in [7, 11) is 0. The third kappa shape index (κ3) is 8.52. The molecule has 0 heterocycles. The SMILES string of the molecule is O=C(CCC(=O)OCCc1ccccc1)Nc1cccc(OCCOc2ccccc2)c1. The van der Waals surface area contributed by atoms with Gasteiger partial charge < -0.3 is 19.5 Å². The minimum Gasteiger partial charge on any atom is -0.490 e.